The molecule has 0 bridgehead atoms. The van der Waals surface area contributed by atoms with Crippen LogP contribution in [-0.4, -0.2) is 17.3 Å². The van der Waals surface area contributed by atoms with Crippen molar-refractivity contribution in [3.8, 4) is 0 Å². The first-order valence-electron chi connectivity index (χ1n) is 5.50. The fourth-order valence-electron chi connectivity index (χ4n) is 2.08. The molecule has 0 aliphatic heterocycles. The molecule has 0 unspecified atom stereocenters. The van der Waals surface area contributed by atoms with Gasteiger partial charge in [0.1, 0.15) is 5.82 Å². The Kier molecular flexibility index (Phi) is 3.36. The van der Waals surface area contributed by atoms with Crippen LogP contribution in [0.5, 0.6) is 0 Å². The van der Waals surface area contributed by atoms with Crippen LogP contribution in [0.3, 0.4) is 0 Å². The average molecular weight is 244 g/mol. The zero-order chi connectivity index (χ0) is 11.6. The van der Waals surface area contributed by atoms with Crippen molar-refractivity contribution in [2.24, 2.45) is 0 Å². The average Bonchev–Trinajstić information content (AvgIpc) is 2.68. The molecule has 1 aromatic carbocycles. The van der Waals surface area contributed by atoms with Crippen molar-refractivity contribution in [1.29, 1.82) is 0 Å². The Morgan fingerprint density at radius 1 is 1.38 bits per heavy atom. The fraction of sp³-hybridized carbons (Fsp3) is 0.500. The summed E-state index contributed by atoms with van der Waals surface area (Å²) in [6.07, 6.45) is 3.76. The Morgan fingerprint density at radius 3 is 2.69 bits per heavy atom. The van der Waals surface area contributed by atoms with Gasteiger partial charge in [0.25, 0.3) is 0 Å². The van der Waals surface area contributed by atoms with Crippen molar-refractivity contribution in [2.75, 3.05) is 11.9 Å². The van der Waals surface area contributed by atoms with Crippen molar-refractivity contribution in [2.45, 2.75) is 31.3 Å². The SMILES string of the molecule is OC1(CNc2ccc(Cl)c(F)c2)CCCC1. The summed E-state index contributed by atoms with van der Waals surface area (Å²) < 4.78 is 13.1. The lowest BCUT2D eigenvalue weighted by Gasteiger charge is -2.23. The molecule has 0 atom stereocenters. The maximum absolute atomic E-state index is 13.1. The number of nitrogens with one attached hydrogen (secondary N) is 1. The fourth-order valence-corrected chi connectivity index (χ4v) is 2.20. The summed E-state index contributed by atoms with van der Waals surface area (Å²) in [5.41, 5.74) is 0.0260. The van der Waals surface area contributed by atoms with Gasteiger partial charge in [-0.25, -0.2) is 4.39 Å². The van der Waals surface area contributed by atoms with Crippen molar-refractivity contribution in [1.82, 2.24) is 0 Å². The molecule has 88 valence electrons. The molecule has 2 nitrogen and oxygen atoms in total. The van der Waals surface area contributed by atoms with E-state index >= 15 is 0 Å². The molecule has 0 heterocycles. The van der Waals surface area contributed by atoms with Gasteiger partial charge in [0.2, 0.25) is 0 Å². The maximum atomic E-state index is 13.1. The first-order chi connectivity index (χ1) is 7.59. The highest BCUT2D eigenvalue weighted by Crippen LogP contribution is 2.29. The van der Waals surface area contributed by atoms with E-state index in [1.807, 2.05) is 0 Å². The number of halogens is 2. The lowest BCUT2D eigenvalue weighted by molar-refractivity contribution is 0.0614. The number of anilines is 1. The van der Waals surface area contributed by atoms with E-state index in [0.717, 1.165) is 25.7 Å². The second kappa shape index (κ2) is 4.60. The van der Waals surface area contributed by atoms with Crippen LogP contribution in [0.1, 0.15) is 25.7 Å². The molecule has 4 heteroatoms. The Hall–Kier alpha value is -0.800. The molecule has 0 spiro atoms. The summed E-state index contributed by atoms with van der Waals surface area (Å²) in [4.78, 5) is 0. The highest BCUT2D eigenvalue weighted by Gasteiger charge is 2.30. The minimum absolute atomic E-state index is 0.116. The minimum Gasteiger partial charge on any atom is -0.388 e. The summed E-state index contributed by atoms with van der Waals surface area (Å²) in [6.45, 7) is 0.466. The van der Waals surface area contributed by atoms with Crippen LogP contribution in [0.25, 0.3) is 0 Å². The number of rotatable bonds is 3. The Morgan fingerprint density at radius 2 is 2.06 bits per heavy atom. The van der Waals surface area contributed by atoms with Crippen LogP contribution in [0.2, 0.25) is 5.02 Å². The minimum atomic E-state index is -0.629. The smallest absolute Gasteiger partial charge is 0.143 e. The van der Waals surface area contributed by atoms with Gasteiger partial charge in [-0.3, -0.25) is 0 Å². The van der Waals surface area contributed by atoms with Crippen LogP contribution < -0.4 is 5.32 Å². The molecular weight excluding hydrogens is 229 g/mol. The normalized spacial score (nSPS) is 18.7. The Bertz CT molecular complexity index is 377. The van der Waals surface area contributed by atoms with Gasteiger partial charge in [0.15, 0.2) is 0 Å². The summed E-state index contributed by atoms with van der Waals surface area (Å²) in [7, 11) is 0. The van der Waals surface area contributed by atoms with Gasteiger partial charge in [-0.1, -0.05) is 24.4 Å². The van der Waals surface area contributed by atoms with E-state index in [1.165, 1.54) is 12.1 Å². The molecule has 0 aromatic heterocycles. The van der Waals surface area contributed by atoms with E-state index in [9.17, 15) is 9.50 Å². The van der Waals surface area contributed by atoms with Crippen LogP contribution >= 0.6 is 11.6 Å². The third-order valence-corrected chi connectivity index (χ3v) is 3.38. The van der Waals surface area contributed by atoms with Crippen LogP contribution in [0, 0.1) is 5.82 Å². The van der Waals surface area contributed by atoms with Gasteiger partial charge >= 0.3 is 0 Å². The van der Waals surface area contributed by atoms with Gasteiger partial charge < -0.3 is 10.4 Å². The summed E-state index contributed by atoms with van der Waals surface area (Å²) >= 11 is 5.58. The van der Waals surface area contributed by atoms with Crippen LogP contribution in [0.15, 0.2) is 18.2 Å². The van der Waals surface area contributed by atoms with Crippen molar-refractivity contribution < 1.29 is 9.50 Å². The number of benzene rings is 1. The maximum Gasteiger partial charge on any atom is 0.143 e. The molecule has 1 aliphatic carbocycles. The number of hydrogen-bond donors (Lipinski definition) is 2. The predicted octanol–water partition coefficient (Wildman–Crippen LogP) is 3.20. The van der Waals surface area contributed by atoms with Gasteiger partial charge in [-0.15, -0.1) is 0 Å². The molecule has 16 heavy (non-hydrogen) atoms. The molecule has 0 amide bonds. The third kappa shape index (κ3) is 2.66. The molecule has 0 radical (unpaired) electrons. The van der Waals surface area contributed by atoms with Crippen LogP contribution in [0.4, 0.5) is 10.1 Å². The molecule has 2 rings (SSSR count). The summed E-state index contributed by atoms with van der Waals surface area (Å²) in [5, 5.41) is 13.3. The molecule has 1 aromatic rings. The molecule has 1 fully saturated rings. The van der Waals surface area contributed by atoms with E-state index in [1.54, 1.807) is 6.07 Å². The zero-order valence-electron chi connectivity index (χ0n) is 8.97. The molecular formula is C12H15ClFNO. The molecule has 2 N–H and O–H groups in total. The standard InChI is InChI=1S/C12H15ClFNO/c13-10-4-3-9(7-11(10)14)15-8-12(16)5-1-2-6-12/h3-4,7,15-16H,1-2,5-6,8H2. The molecule has 1 saturated carbocycles. The van der Waals surface area contributed by atoms with Gasteiger partial charge in [0.05, 0.1) is 10.6 Å². The van der Waals surface area contributed by atoms with Gasteiger partial charge in [0, 0.05) is 12.2 Å². The van der Waals surface area contributed by atoms with Crippen molar-refractivity contribution in [3.05, 3.63) is 29.0 Å². The van der Waals surface area contributed by atoms with Gasteiger partial charge in [-0.2, -0.15) is 0 Å². The highest BCUT2D eigenvalue weighted by atomic mass is 35.5. The second-order valence-corrected chi connectivity index (χ2v) is 4.82. The Labute approximate surface area is 99.4 Å². The van der Waals surface area contributed by atoms with E-state index in [0.29, 0.717) is 12.2 Å². The van der Waals surface area contributed by atoms with Crippen molar-refractivity contribution >= 4 is 17.3 Å². The summed E-state index contributed by atoms with van der Waals surface area (Å²) in [5.74, 6) is -0.440. The van der Waals surface area contributed by atoms with Crippen molar-refractivity contribution in [3.63, 3.8) is 0 Å². The topological polar surface area (TPSA) is 32.3 Å². The van der Waals surface area contributed by atoms with E-state index in [4.69, 9.17) is 11.6 Å². The first-order valence-corrected chi connectivity index (χ1v) is 5.88. The zero-order valence-corrected chi connectivity index (χ0v) is 9.73. The summed E-state index contributed by atoms with van der Waals surface area (Å²) in [6, 6.07) is 4.57. The quantitative estimate of drug-likeness (QED) is 0.855. The molecule has 1 aliphatic rings. The Balaban J connectivity index is 1.96. The lowest BCUT2D eigenvalue weighted by atomic mass is 10.0. The van der Waals surface area contributed by atoms with Gasteiger partial charge in [-0.05, 0) is 31.0 Å². The monoisotopic (exact) mass is 243 g/mol. The third-order valence-electron chi connectivity index (χ3n) is 3.08. The predicted molar refractivity (Wildman–Crippen MR) is 63.3 cm³/mol. The first kappa shape index (κ1) is 11.7. The largest absolute Gasteiger partial charge is 0.388 e. The van der Waals surface area contributed by atoms with E-state index < -0.39 is 11.4 Å². The van der Waals surface area contributed by atoms with E-state index in [-0.39, 0.29) is 5.02 Å². The van der Waals surface area contributed by atoms with Crippen LogP contribution in [-0.2, 0) is 0 Å². The second-order valence-electron chi connectivity index (χ2n) is 4.41. The number of aliphatic hydroxyl groups is 1. The number of hydrogen-bond acceptors (Lipinski definition) is 2. The lowest BCUT2D eigenvalue weighted by Crippen LogP contribution is -2.33. The van der Waals surface area contributed by atoms with E-state index in [2.05, 4.69) is 5.32 Å². The molecule has 0 saturated heterocycles. The highest BCUT2D eigenvalue weighted by molar-refractivity contribution is 6.30.